The minimum Gasteiger partial charge on any atom is -0.387 e. The van der Waals surface area contributed by atoms with Crippen molar-refractivity contribution >= 4 is 19.9 Å². The number of nitrogens with two attached hydrogens (primary N) is 1. The molecule has 3 atom stereocenters. The lowest BCUT2D eigenvalue weighted by Gasteiger charge is -2.41. The second-order valence-electron chi connectivity index (χ2n) is 14.5. The summed E-state index contributed by atoms with van der Waals surface area (Å²) in [4.78, 5) is 28.3. The zero-order chi connectivity index (χ0) is 36.4. The quantitative estimate of drug-likeness (QED) is 0.0976. The number of halogens is 2. The van der Waals surface area contributed by atoms with Gasteiger partial charge in [-0.3, -0.25) is 14.9 Å². The number of carbonyl (C=O) groups excluding carboxylic acids is 2. The van der Waals surface area contributed by atoms with Gasteiger partial charge in [-0.25, -0.2) is 8.78 Å². The summed E-state index contributed by atoms with van der Waals surface area (Å²) in [5.74, 6) is -2.20. The first-order chi connectivity index (χ1) is 23.0. The van der Waals surface area contributed by atoms with Crippen LogP contribution < -0.4 is 16.4 Å². The van der Waals surface area contributed by atoms with E-state index in [1.54, 1.807) is 12.3 Å². The number of aromatic nitrogens is 1. The van der Waals surface area contributed by atoms with Gasteiger partial charge in [-0.15, -0.1) is 0 Å². The fourth-order valence-electron chi connectivity index (χ4n) is 5.67. The Bertz CT molecular complexity index is 1510. The fourth-order valence-corrected chi connectivity index (χ4v) is 6.40. The second-order valence-corrected chi connectivity index (χ2v) is 20.1. The van der Waals surface area contributed by atoms with Crippen molar-refractivity contribution in [2.75, 3.05) is 32.8 Å². The average Bonchev–Trinajstić information content (AvgIpc) is 3.43. The number of ether oxygens (including phenoxy) is 1. The Morgan fingerprint density at radius 2 is 1.78 bits per heavy atom. The van der Waals surface area contributed by atoms with Gasteiger partial charge < -0.3 is 35.5 Å². The van der Waals surface area contributed by atoms with Crippen molar-refractivity contribution in [3.63, 3.8) is 0 Å². The summed E-state index contributed by atoms with van der Waals surface area (Å²) in [6.45, 7) is 12.7. The average molecular weight is 702 g/mol. The first kappa shape index (κ1) is 40.0. The number of hydrogen-bond donors (Lipinski definition) is 5. The van der Waals surface area contributed by atoms with E-state index in [9.17, 15) is 24.2 Å². The molecular weight excluding hydrogens is 649 g/mol. The number of amides is 2. The number of carbonyl (C=O) groups is 2. The molecule has 0 saturated heterocycles. The molecule has 0 fully saturated rings. The van der Waals surface area contributed by atoms with Crippen LogP contribution in [0.2, 0.25) is 25.7 Å². The van der Waals surface area contributed by atoms with Crippen LogP contribution >= 0.6 is 0 Å². The van der Waals surface area contributed by atoms with Crippen LogP contribution in [0.15, 0.2) is 60.8 Å². The number of nitrogens with zero attached hydrogens (tertiary/aromatic N) is 2. The van der Waals surface area contributed by atoms with Crippen LogP contribution in [0.25, 0.3) is 11.1 Å². The van der Waals surface area contributed by atoms with Crippen molar-refractivity contribution in [1.29, 1.82) is 0 Å². The van der Waals surface area contributed by atoms with Crippen LogP contribution in [-0.2, 0) is 20.9 Å². The molecule has 6 N–H and O–H groups in total. The number of nitrogens with one attached hydrogen (secondary N) is 2. The third kappa shape index (κ3) is 12.1. The lowest BCUT2D eigenvalue weighted by molar-refractivity contribution is -0.143. The Labute approximate surface area is 289 Å². The molecule has 2 amide bonds. The molecule has 0 saturated carbocycles. The van der Waals surface area contributed by atoms with E-state index in [1.165, 1.54) is 4.90 Å². The molecule has 0 aliphatic carbocycles. The van der Waals surface area contributed by atoms with Crippen LogP contribution in [0.3, 0.4) is 0 Å². The van der Waals surface area contributed by atoms with Gasteiger partial charge in [0.2, 0.25) is 18.2 Å². The maximum Gasteiger partial charge on any atom is 0.248 e. The number of aliphatic hydroxyl groups excluding tert-OH is 2. The van der Waals surface area contributed by atoms with Gasteiger partial charge in [-0.2, -0.15) is 0 Å². The molecule has 1 unspecified atom stereocenters. The highest BCUT2D eigenvalue weighted by atomic mass is 28.3. The molecule has 3 aromatic rings. The van der Waals surface area contributed by atoms with Gasteiger partial charge >= 0.3 is 0 Å². The molecule has 0 bridgehead atoms. The molecule has 0 radical (unpaired) electrons. The number of rotatable bonds is 18. The number of benzene rings is 2. The molecule has 0 spiro atoms. The van der Waals surface area contributed by atoms with Gasteiger partial charge in [0, 0.05) is 63.9 Å². The smallest absolute Gasteiger partial charge is 0.248 e. The molecule has 13 heteroatoms. The highest BCUT2D eigenvalue weighted by Gasteiger charge is 2.38. The summed E-state index contributed by atoms with van der Waals surface area (Å²) in [6.07, 6.45) is 0.352. The zero-order valence-corrected chi connectivity index (χ0v) is 30.5. The van der Waals surface area contributed by atoms with Crippen LogP contribution in [0.4, 0.5) is 8.78 Å². The molecule has 2 aromatic carbocycles. The Balaban J connectivity index is 2.04. The number of aliphatic hydroxyl groups is 2. The van der Waals surface area contributed by atoms with E-state index in [-0.39, 0.29) is 31.6 Å². The van der Waals surface area contributed by atoms with Crippen LogP contribution in [0.5, 0.6) is 0 Å². The van der Waals surface area contributed by atoms with Gasteiger partial charge in [0.1, 0.15) is 18.2 Å². The first-order valence-electron chi connectivity index (χ1n) is 16.7. The molecular formula is C36H53F2N5O5Si. The summed E-state index contributed by atoms with van der Waals surface area (Å²) in [7, 11) is -1.44. The Morgan fingerprint density at radius 1 is 1.08 bits per heavy atom. The van der Waals surface area contributed by atoms with Gasteiger partial charge in [-0.1, -0.05) is 70.7 Å². The van der Waals surface area contributed by atoms with Gasteiger partial charge in [0.05, 0.1) is 12.1 Å². The molecule has 0 aliphatic rings. The summed E-state index contributed by atoms with van der Waals surface area (Å²) >= 11 is 0. The van der Waals surface area contributed by atoms with Crippen molar-refractivity contribution in [3.8, 4) is 11.1 Å². The Hall–Kier alpha value is -3.46. The van der Waals surface area contributed by atoms with E-state index in [0.29, 0.717) is 24.4 Å². The standard InChI is InChI=1S/C36H53F2N5O5Si/c1-36(2,3)33(31-20-26(28-21-27(37)12-13-29(28)38)23-42(31)22-25-10-8-7-9-11-25)43(32(45)24-44)17-14-30(34(46)40-16-15-39)41-35(47)48-18-19-49(4,5)6/h7-13,20-21,23,30,33,35,41,44,47H,14-19,22,24,39H2,1-6H3,(H,40,46)/t30-,33-,35?/m0/s1. The second kappa shape index (κ2) is 18.0. The zero-order valence-electron chi connectivity index (χ0n) is 29.5. The lowest BCUT2D eigenvalue weighted by atomic mass is 9.82. The predicted octanol–water partition coefficient (Wildman–Crippen LogP) is 4.44. The third-order valence-corrected chi connectivity index (χ3v) is 9.83. The van der Waals surface area contributed by atoms with Crippen LogP contribution in [-0.4, -0.2) is 84.9 Å². The first-order valence-corrected chi connectivity index (χ1v) is 20.4. The summed E-state index contributed by atoms with van der Waals surface area (Å²) in [5.41, 5.74) is 7.05. The molecule has 10 nitrogen and oxygen atoms in total. The van der Waals surface area contributed by atoms with Crippen molar-refractivity contribution < 1.29 is 33.3 Å². The van der Waals surface area contributed by atoms with E-state index < -0.39 is 62.0 Å². The van der Waals surface area contributed by atoms with E-state index in [2.05, 4.69) is 30.3 Å². The van der Waals surface area contributed by atoms with Crippen molar-refractivity contribution in [2.24, 2.45) is 11.1 Å². The van der Waals surface area contributed by atoms with Crippen molar-refractivity contribution in [3.05, 3.63) is 83.7 Å². The fraction of sp³-hybridized carbons (Fsp3) is 0.500. The Kier molecular flexibility index (Phi) is 14.7. The van der Waals surface area contributed by atoms with Crippen molar-refractivity contribution in [2.45, 2.75) is 77.9 Å². The van der Waals surface area contributed by atoms with E-state index in [0.717, 1.165) is 29.8 Å². The summed E-state index contributed by atoms with van der Waals surface area (Å²) in [6, 6.07) is 13.8. The highest BCUT2D eigenvalue weighted by molar-refractivity contribution is 6.76. The topological polar surface area (TPSA) is 142 Å². The third-order valence-electron chi connectivity index (χ3n) is 8.12. The van der Waals surface area contributed by atoms with Crippen LogP contribution in [0.1, 0.15) is 44.5 Å². The molecule has 0 aliphatic heterocycles. The normalized spacial score (nSPS) is 13.9. The van der Waals surface area contributed by atoms with Gasteiger partial charge in [0.25, 0.3) is 0 Å². The summed E-state index contributed by atoms with van der Waals surface area (Å²) in [5, 5.41) is 26.4. The van der Waals surface area contributed by atoms with Crippen molar-refractivity contribution in [1.82, 2.24) is 20.1 Å². The maximum atomic E-state index is 15.1. The van der Waals surface area contributed by atoms with Gasteiger partial charge in [-0.05, 0) is 47.7 Å². The monoisotopic (exact) mass is 701 g/mol. The number of hydrogen-bond acceptors (Lipinski definition) is 7. The molecule has 49 heavy (non-hydrogen) atoms. The van der Waals surface area contributed by atoms with E-state index in [1.807, 2.05) is 55.7 Å². The molecule has 3 rings (SSSR count). The minimum absolute atomic E-state index is 0.00313. The van der Waals surface area contributed by atoms with E-state index >= 15 is 4.39 Å². The lowest BCUT2D eigenvalue weighted by Crippen LogP contribution is -2.52. The summed E-state index contributed by atoms with van der Waals surface area (Å²) < 4.78 is 36.9. The predicted molar refractivity (Wildman–Crippen MR) is 190 cm³/mol. The largest absolute Gasteiger partial charge is 0.387 e. The van der Waals surface area contributed by atoms with E-state index in [4.69, 9.17) is 10.5 Å². The highest BCUT2D eigenvalue weighted by Crippen LogP contribution is 2.41. The minimum atomic E-state index is -1.44. The van der Waals surface area contributed by atoms with Gasteiger partial charge in [0.15, 0.2) is 0 Å². The van der Waals surface area contributed by atoms with Crippen LogP contribution in [0, 0.1) is 17.0 Å². The SMILES string of the molecule is CC(C)(C)[C@H](c1cc(-c2cc(F)ccc2F)cn1Cc1ccccc1)N(CC[C@H](NC(O)OCC[Si](C)(C)C)C(=O)NCCN)C(=O)CO. The maximum absolute atomic E-state index is 15.1. The molecule has 1 heterocycles. The molecule has 1 aromatic heterocycles. The molecule has 270 valence electrons. The Morgan fingerprint density at radius 3 is 2.39 bits per heavy atom.